The van der Waals surface area contributed by atoms with Crippen LogP contribution >= 0.6 is 11.8 Å². The van der Waals surface area contributed by atoms with Crippen LogP contribution in [0.4, 0.5) is 11.4 Å². The van der Waals surface area contributed by atoms with Crippen LogP contribution in [0.15, 0.2) is 101 Å². The molecule has 0 unspecified atom stereocenters. The van der Waals surface area contributed by atoms with Gasteiger partial charge in [-0.1, -0.05) is 66.4 Å². The van der Waals surface area contributed by atoms with Gasteiger partial charge in [-0.05, 0) is 41.8 Å². The highest BCUT2D eigenvalue weighted by Gasteiger charge is 2.30. The summed E-state index contributed by atoms with van der Waals surface area (Å²) in [5, 5.41) is 4.90. The fourth-order valence-electron chi connectivity index (χ4n) is 3.74. The lowest BCUT2D eigenvalue weighted by Gasteiger charge is -2.18. The molecule has 0 fully saturated rings. The molecule has 5 heteroatoms. The molecule has 0 saturated heterocycles. The number of carbonyl (C=O) groups is 2. The quantitative estimate of drug-likeness (QED) is 0.467. The summed E-state index contributed by atoms with van der Waals surface area (Å²) in [4.78, 5) is 29.4. The van der Waals surface area contributed by atoms with Gasteiger partial charge in [-0.25, -0.2) is 0 Å². The van der Waals surface area contributed by atoms with Crippen LogP contribution in [-0.4, -0.2) is 18.4 Å². The molecule has 1 heterocycles. The Morgan fingerprint density at radius 2 is 1.57 bits per heavy atom. The van der Waals surface area contributed by atoms with Gasteiger partial charge in [0, 0.05) is 20.7 Å². The Labute approximate surface area is 178 Å². The molecule has 1 aliphatic rings. The van der Waals surface area contributed by atoms with Crippen molar-refractivity contribution in [1.82, 2.24) is 0 Å². The van der Waals surface area contributed by atoms with E-state index in [2.05, 4.69) is 5.32 Å². The van der Waals surface area contributed by atoms with Crippen molar-refractivity contribution in [2.75, 3.05) is 16.8 Å². The van der Waals surface area contributed by atoms with Crippen LogP contribution in [0.3, 0.4) is 0 Å². The second kappa shape index (κ2) is 7.69. The molecule has 2 amide bonds. The first-order chi connectivity index (χ1) is 14.7. The molecule has 0 saturated carbocycles. The molecular formula is C25H18N2O2S. The van der Waals surface area contributed by atoms with E-state index < -0.39 is 0 Å². The zero-order valence-corrected chi connectivity index (χ0v) is 16.9. The fraction of sp³-hybridized carbons (Fsp3) is 0.0400. The van der Waals surface area contributed by atoms with Crippen molar-refractivity contribution in [2.45, 2.75) is 9.79 Å². The third-order valence-corrected chi connectivity index (χ3v) is 6.17. The molecule has 0 radical (unpaired) electrons. The van der Waals surface area contributed by atoms with E-state index in [1.165, 1.54) is 0 Å². The number of nitrogens with one attached hydrogen (secondary N) is 1. The molecular weight excluding hydrogens is 392 g/mol. The summed E-state index contributed by atoms with van der Waals surface area (Å²) < 4.78 is 0. The zero-order valence-electron chi connectivity index (χ0n) is 16.0. The maximum absolute atomic E-state index is 12.9. The Bertz CT molecular complexity index is 1270. The van der Waals surface area contributed by atoms with Crippen molar-refractivity contribution in [2.24, 2.45) is 0 Å². The van der Waals surface area contributed by atoms with Crippen molar-refractivity contribution in [1.29, 1.82) is 0 Å². The average Bonchev–Trinajstić information content (AvgIpc) is 3.04. The predicted molar refractivity (Wildman–Crippen MR) is 121 cm³/mol. The maximum atomic E-state index is 12.9. The first-order valence-electron chi connectivity index (χ1n) is 9.66. The largest absolute Gasteiger partial charge is 0.324 e. The number of para-hydroxylation sites is 1. The number of benzene rings is 4. The van der Waals surface area contributed by atoms with Gasteiger partial charge in [-0.3, -0.25) is 14.5 Å². The van der Waals surface area contributed by atoms with E-state index >= 15 is 0 Å². The molecule has 0 spiro atoms. The standard InChI is InChI=1S/C25H18N2O2S/c28-23(26-20-13-4-5-15-22(20)30-18-10-2-1-3-11-18)16-27-21-14-7-9-17-8-6-12-19(24(17)21)25(27)29/h1-15H,16H2,(H,26,28). The summed E-state index contributed by atoms with van der Waals surface area (Å²) in [5.74, 6) is -0.363. The second-order valence-corrected chi connectivity index (χ2v) is 8.15. The summed E-state index contributed by atoms with van der Waals surface area (Å²) in [7, 11) is 0. The van der Waals surface area contributed by atoms with Crippen molar-refractivity contribution in [3.8, 4) is 0 Å². The van der Waals surface area contributed by atoms with E-state index in [-0.39, 0.29) is 18.4 Å². The van der Waals surface area contributed by atoms with Gasteiger partial charge in [-0.15, -0.1) is 0 Å². The van der Waals surface area contributed by atoms with E-state index in [4.69, 9.17) is 0 Å². The maximum Gasteiger partial charge on any atom is 0.259 e. The number of hydrogen-bond donors (Lipinski definition) is 1. The Kier molecular flexibility index (Phi) is 4.73. The molecule has 0 aliphatic carbocycles. The fourth-order valence-corrected chi connectivity index (χ4v) is 4.67. The topological polar surface area (TPSA) is 49.4 Å². The first kappa shape index (κ1) is 18.5. The number of carbonyl (C=O) groups excluding carboxylic acids is 2. The monoisotopic (exact) mass is 410 g/mol. The number of amides is 2. The lowest BCUT2D eigenvalue weighted by Crippen LogP contribution is -2.35. The molecule has 4 aromatic rings. The van der Waals surface area contributed by atoms with Crippen LogP contribution in [0, 0.1) is 0 Å². The Hall–Kier alpha value is -3.57. The molecule has 0 atom stereocenters. The lowest BCUT2D eigenvalue weighted by molar-refractivity contribution is -0.114. The minimum absolute atomic E-state index is 0.0308. The second-order valence-electron chi connectivity index (χ2n) is 7.03. The predicted octanol–water partition coefficient (Wildman–Crippen LogP) is 5.59. The number of nitrogens with zero attached hydrogens (tertiary/aromatic N) is 1. The Balaban J connectivity index is 1.37. The zero-order chi connectivity index (χ0) is 20.5. The van der Waals surface area contributed by atoms with Gasteiger partial charge in [-0.2, -0.15) is 0 Å². The third-order valence-electron chi connectivity index (χ3n) is 5.08. The van der Waals surface area contributed by atoms with Gasteiger partial charge in [0.25, 0.3) is 5.91 Å². The molecule has 0 bridgehead atoms. The summed E-state index contributed by atoms with van der Waals surface area (Å²) in [6.45, 7) is -0.0308. The number of hydrogen-bond acceptors (Lipinski definition) is 3. The summed E-state index contributed by atoms with van der Waals surface area (Å²) in [5.41, 5.74) is 2.17. The van der Waals surface area contributed by atoms with Gasteiger partial charge in [0.2, 0.25) is 5.91 Å². The number of rotatable bonds is 5. The molecule has 4 nitrogen and oxygen atoms in total. The van der Waals surface area contributed by atoms with E-state index in [0.29, 0.717) is 5.56 Å². The highest BCUT2D eigenvalue weighted by molar-refractivity contribution is 7.99. The molecule has 4 aromatic carbocycles. The van der Waals surface area contributed by atoms with Crippen LogP contribution in [0.5, 0.6) is 0 Å². The van der Waals surface area contributed by atoms with E-state index in [1.807, 2.05) is 91.0 Å². The van der Waals surface area contributed by atoms with Crippen molar-refractivity contribution in [3.63, 3.8) is 0 Å². The van der Waals surface area contributed by atoms with Gasteiger partial charge >= 0.3 is 0 Å². The lowest BCUT2D eigenvalue weighted by atomic mass is 10.1. The van der Waals surface area contributed by atoms with E-state index in [9.17, 15) is 9.59 Å². The van der Waals surface area contributed by atoms with E-state index in [0.717, 1.165) is 31.9 Å². The van der Waals surface area contributed by atoms with Crippen LogP contribution in [0.25, 0.3) is 10.8 Å². The molecule has 1 aliphatic heterocycles. The molecule has 1 N–H and O–H groups in total. The summed E-state index contributed by atoms with van der Waals surface area (Å²) >= 11 is 1.59. The van der Waals surface area contributed by atoms with E-state index in [1.54, 1.807) is 16.7 Å². The SMILES string of the molecule is O=C(CN1C(=O)c2cccc3cccc1c23)Nc1ccccc1Sc1ccccc1. The van der Waals surface area contributed by atoms with Crippen LogP contribution in [0.1, 0.15) is 10.4 Å². The van der Waals surface area contributed by atoms with Crippen LogP contribution < -0.4 is 10.2 Å². The van der Waals surface area contributed by atoms with Gasteiger partial charge < -0.3 is 5.32 Å². The van der Waals surface area contributed by atoms with Crippen molar-refractivity contribution in [3.05, 3.63) is 96.6 Å². The third kappa shape index (κ3) is 3.33. The van der Waals surface area contributed by atoms with Gasteiger partial charge in [0.15, 0.2) is 0 Å². The Morgan fingerprint density at radius 1 is 0.833 bits per heavy atom. The molecule has 146 valence electrons. The van der Waals surface area contributed by atoms with Crippen molar-refractivity contribution >= 4 is 45.7 Å². The van der Waals surface area contributed by atoms with Crippen LogP contribution in [-0.2, 0) is 4.79 Å². The first-order valence-corrected chi connectivity index (χ1v) is 10.5. The highest BCUT2D eigenvalue weighted by atomic mass is 32.2. The smallest absolute Gasteiger partial charge is 0.259 e. The van der Waals surface area contributed by atoms with Gasteiger partial charge in [0.05, 0.1) is 11.4 Å². The minimum atomic E-state index is -0.228. The summed E-state index contributed by atoms with van der Waals surface area (Å²) in [6, 6.07) is 29.2. The number of anilines is 2. The van der Waals surface area contributed by atoms with Crippen LogP contribution in [0.2, 0.25) is 0 Å². The summed E-state index contributed by atoms with van der Waals surface area (Å²) in [6.07, 6.45) is 0. The minimum Gasteiger partial charge on any atom is -0.324 e. The Morgan fingerprint density at radius 3 is 2.40 bits per heavy atom. The molecule has 0 aromatic heterocycles. The molecule has 30 heavy (non-hydrogen) atoms. The highest BCUT2D eigenvalue weighted by Crippen LogP contribution is 2.37. The average molecular weight is 410 g/mol. The van der Waals surface area contributed by atoms with Crippen molar-refractivity contribution < 1.29 is 9.59 Å². The normalized spacial score (nSPS) is 12.4. The molecule has 5 rings (SSSR count). The van der Waals surface area contributed by atoms with Gasteiger partial charge in [0.1, 0.15) is 6.54 Å².